The number of phenolic OH excluding ortho intramolecular Hbond substituents is 1. The van der Waals surface area contributed by atoms with Crippen molar-refractivity contribution < 1.29 is 25.2 Å². The van der Waals surface area contributed by atoms with Crippen LogP contribution >= 0.6 is 0 Å². The number of carboxylic acid groups (broad SMARTS) is 1. The summed E-state index contributed by atoms with van der Waals surface area (Å²) < 4.78 is 0. The number of benzene rings is 3. The minimum atomic E-state index is -0.759. The third-order valence-electron chi connectivity index (χ3n) is 14.0. The Labute approximate surface area is 320 Å². The van der Waals surface area contributed by atoms with Gasteiger partial charge < -0.3 is 20.4 Å². The zero-order valence-electron chi connectivity index (χ0n) is 31.5. The van der Waals surface area contributed by atoms with Crippen LogP contribution in [0.2, 0.25) is 0 Å². The van der Waals surface area contributed by atoms with Crippen LogP contribution in [0.25, 0.3) is 17.9 Å². The molecule has 2 bridgehead atoms. The van der Waals surface area contributed by atoms with Crippen LogP contribution < -0.4 is 10.4 Å². The Morgan fingerprint density at radius 2 is 1.65 bits per heavy atom. The molecule has 5 aliphatic rings. The molecule has 0 saturated heterocycles. The van der Waals surface area contributed by atoms with Gasteiger partial charge in [0, 0.05) is 16.6 Å². The lowest BCUT2D eigenvalue weighted by molar-refractivity contribution is -0.146. The van der Waals surface area contributed by atoms with Crippen molar-refractivity contribution in [3.8, 4) is 5.75 Å². The van der Waals surface area contributed by atoms with Crippen LogP contribution in [-0.2, 0) is 16.6 Å². The fraction of sp³-hybridized carbons (Fsp3) is 0.449. The molecule has 8 rings (SSSR count). The van der Waals surface area contributed by atoms with Crippen LogP contribution in [0.3, 0.4) is 0 Å². The van der Waals surface area contributed by atoms with E-state index in [0.29, 0.717) is 30.4 Å². The summed E-state index contributed by atoms with van der Waals surface area (Å²) in [5.74, 6) is 0.578. The Kier molecular flexibility index (Phi) is 10.7. The van der Waals surface area contributed by atoms with Gasteiger partial charge in [0.1, 0.15) is 11.5 Å². The van der Waals surface area contributed by atoms with Crippen molar-refractivity contribution in [3.63, 3.8) is 0 Å². The van der Waals surface area contributed by atoms with Crippen molar-refractivity contribution >= 4 is 23.9 Å². The summed E-state index contributed by atoms with van der Waals surface area (Å²) in [5, 5.41) is 44.6. The predicted molar refractivity (Wildman–Crippen MR) is 216 cm³/mol. The first-order chi connectivity index (χ1) is 26.3. The number of aliphatic hydroxyl groups excluding tert-OH is 2. The number of hydrogen-bond donors (Lipinski definition) is 4. The maximum absolute atomic E-state index is 13.6. The molecule has 54 heavy (non-hydrogen) atoms. The summed E-state index contributed by atoms with van der Waals surface area (Å²) in [7, 11) is 0. The van der Waals surface area contributed by atoms with Gasteiger partial charge in [-0.15, -0.1) is 0 Å². The van der Waals surface area contributed by atoms with Gasteiger partial charge in [0.25, 0.3) is 0 Å². The molecule has 3 aromatic carbocycles. The normalized spacial score (nSPS) is 29.8. The maximum Gasteiger partial charge on any atom is 0.307 e. The number of aromatic hydroxyl groups is 1. The molecule has 3 aromatic rings. The van der Waals surface area contributed by atoms with Gasteiger partial charge in [-0.2, -0.15) is 0 Å². The van der Waals surface area contributed by atoms with Crippen LogP contribution in [0.5, 0.6) is 5.75 Å². The highest BCUT2D eigenvalue weighted by Crippen LogP contribution is 2.59. The molecule has 5 heteroatoms. The first kappa shape index (κ1) is 36.6. The lowest BCUT2D eigenvalue weighted by atomic mass is 9.49. The van der Waals surface area contributed by atoms with E-state index >= 15 is 0 Å². The Balaban J connectivity index is 1.11. The van der Waals surface area contributed by atoms with Crippen LogP contribution in [0.15, 0.2) is 96.6 Å². The zero-order valence-corrected chi connectivity index (χ0v) is 31.5. The topological polar surface area (TPSA) is 98.0 Å². The highest BCUT2D eigenvalue weighted by molar-refractivity contribution is 5.76. The molecule has 8 atom stereocenters. The number of aliphatic carboxylic acids is 1. The molecule has 5 aliphatic carbocycles. The zero-order chi connectivity index (χ0) is 37.2. The SMILES string of the molecule is O=C(O)[C@@H]1CC=CC[C@@H](CCCCCC[C@H]2C=C(CO)CC2)[C@@H](c2ccc(O)cc2)Cc2ccc3c(c2)[C@@]12C[C@H]1C(O)=c4ccccc4=C[C@@H]1C[C@@H]2C=C3. The van der Waals surface area contributed by atoms with Gasteiger partial charge in [0.05, 0.1) is 12.5 Å². The van der Waals surface area contributed by atoms with Crippen molar-refractivity contribution in [2.24, 2.45) is 35.5 Å². The number of carbonyl (C=O) groups is 1. The number of phenols is 1. The average Bonchev–Trinajstić information content (AvgIpc) is 3.65. The average molecular weight is 725 g/mol. The van der Waals surface area contributed by atoms with Crippen molar-refractivity contribution in [3.05, 3.63) is 129 Å². The van der Waals surface area contributed by atoms with Gasteiger partial charge in [-0.3, -0.25) is 4.79 Å². The number of carboxylic acids is 1. The molecule has 1 fully saturated rings. The molecule has 0 aromatic heterocycles. The largest absolute Gasteiger partial charge is 0.511 e. The summed E-state index contributed by atoms with van der Waals surface area (Å²) in [5.41, 5.74) is 5.23. The number of unbranched alkanes of at least 4 members (excludes halogenated alkanes) is 3. The molecule has 0 heterocycles. The van der Waals surface area contributed by atoms with Gasteiger partial charge in [-0.25, -0.2) is 0 Å². The summed E-state index contributed by atoms with van der Waals surface area (Å²) in [6, 6.07) is 22.7. The lowest BCUT2D eigenvalue weighted by Gasteiger charge is -2.54. The molecule has 1 saturated carbocycles. The highest BCUT2D eigenvalue weighted by atomic mass is 16.4. The van der Waals surface area contributed by atoms with Gasteiger partial charge in [0.2, 0.25) is 0 Å². The molecule has 1 spiro atoms. The third kappa shape index (κ3) is 7.12. The molecule has 0 amide bonds. The molecular formula is C49H56O5. The fourth-order valence-electron chi connectivity index (χ4n) is 11.2. The first-order valence-electron chi connectivity index (χ1n) is 20.6. The monoisotopic (exact) mass is 724 g/mol. The van der Waals surface area contributed by atoms with Gasteiger partial charge >= 0.3 is 5.97 Å². The van der Waals surface area contributed by atoms with Gasteiger partial charge in [-0.05, 0) is 133 Å². The number of hydrogen-bond acceptors (Lipinski definition) is 4. The number of fused-ring (bicyclic) bond motifs is 3. The van der Waals surface area contributed by atoms with Crippen LogP contribution in [-0.4, -0.2) is 33.0 Å². The van der Waals surface area contributed by atoms with Crippen molar-refractivity contribution in [2.45, 2.75) is 94.8 Å². The standard InChI is InChI=1S/C49H56O5/c50-31-34-16-15-32(25-34)9-3-1-2-4-10-35-11-6-8-14-45(48(53)54)49-30-44-39(28-38-12-5-7-13-42(38)47(44)52)29-40(49)22-19-37-18-17-33(27-46(37)49)26-43(35)36-20-23-41(51)24-21-36/h5-8,12-13,17-25,27-28,32,35,39-40,43-45,50-52H,1-4,9-11,14-16,26,29-31H2,(H,53,54)/t32-,35-,39-,40+,43+,44-,45+,49-/m1/s1. The summed E-state index contributed by atoms with van der Waals surface area (Å²) in [4.78, 5) is 13.6. The van der Waals surface area contributed by atoms with Crippen molar-refractivity contribution in [2.75, 3.05) is 6.61 Å². The van der Waals surface area contributed by atoms with E-state index in [9.17, 15) is 25.2 Å². The van der Waals surface area contributed by atoms with E-state index in [1.165, 1.54) is 48.8 Å². The van der Waals surface area contributed by atoms with E-state index in [2.05, 4.69) is 72.9 Å². The molecule has 5 nitrogen and oxygen atoms in total. The molecule has 0 radical (unpaired) electrons. The highest BCUT2D eigenvalue weighted by Gasteiger charge is 2.56. The molecule has 4 N–H and O–H groups in total. The Bertz CT molecular complexity index is 2060. The van der Waals surface area contributed by atoms with Gasteiger partial charge in [0.15, 0.2) is 0 Å². The van der Waals surface area contributed by atoms with E-state index < -0.39 is 17.3 Å². The second-order valence-corrected chi connectivity index (χ2v) is 17.0. The van der Waals surface area contributed by atoms with E-state index in [0.717, 1.165) is 60.1 Å². The minimum Gasteiger partial charge on any atom is -0.511 e. The Hall–Kier alpha value is -4.35. The van der Waals surface area contributed by atoms with Crippen molar-refractivity contribution in [1.82, 2.24) is 0 Å². The Morgan fingerprint density at radius 3 is 2.44 bits per heavy atom. The fourth-order valence-corrected chi connectivity index (χ4v) is 11.2. The van der Waals surface area contributed by atoms with Crippen LogP contribution in [0.1, 0.15) is 105 Å². The molecule has 0 aliphatic heterocycles. The predicted octanol–water partition coefficient (Wildman–Crippen LogP) is 9.12. The minimum absolute atomic E-state index is 0.0373. The number of allylic oxidation sites excluding steroid dienone is 4. The summed E-state index contributed by atoms with van der Waals surface area (Å²) >= 11 is 0. The molecule has 282 valence electrons. The second kappa shape index (κ2) is 15.8. The van der Waals surface area contributed by atoms with Crippen LogP contribution in [0.4, 0.5) is 0 Å². The maximum atomic E-state index is 13.6. The molecular weight excluding hydrogens is 669 g/mol. The van der Waals surface area contributed by atoms with Crippen LogP contribution in [0, 0.1) is 35.5 Å². The lowest BCUT2D eigenvalue weighted by Crippen LogP contribution is -2.54. The quantitative estimate of drug-likeness (QED) is 0.124. The van der Waals surface area contributed by atoms with E-state index in [1.807, 2.05) is 30.3 Å². The van der Waals surface area contributed by atoms with E-state index in [-0.39, 0.29) is 36.0 Å². The summed E-state index contributed by atoms with van der Waals surface area (Å²) in [6.07, 6.45) is 26.4. The smallest absolute Gasteiger partial charge is 0.307 e. The van der Waals surface area contributed by atoms with Gasteiger partial charge in [-0.1, -0.05) is 117 Å². The van der Waals surface area contributed by atoms with E-state index in [1.54, 1.807) is 0 Å². The first-order valence-corrected chi connectivity index (χ1v) is 20.6. The Morgan fingerprint density at radius 1 is 0.852 bits per heavy atom. The van der Waals surface area contributed by atoms with Crippen molar-refractivity contribution in [1.29, 1.82) is 0 Å². The number of rotatable bonds is 10. The van der Waals surface area contributed by atoms with E-state index in [4.69, 9.17) is 0 Å². The third-order valence-corrected chi connectivity index (χ3v) is 14.0. The second-order valence-electron chi connectivity index (χ2n) is 17.0. The number of aliphatic hydroxyl groups is 2. The molecule has 0 unspecified atom stereocenters. The summed E-state index contributed by atoms with van der Waals surface area (Å²) in [6.45, 7) is 0.202.